The minimum atomic E-state index is -0.362. The summed E-state index contributed by atoms with van der Waals surface area (Å²) >= 11 is 0. The predicted molar refractivity (Wildman–Crippen MR) is 80.5 cm³/mol. The van der Waals surface area contributed by atoms with Crippen LogP contribution in [0.5, 0.6) is 5.75 Å². The Labute approximate surface area is 128 Å². The van der Waals surface area contributed by atoms with Crippen LogP contribution in [0.25, 0.3) is 0 Å². The number of carbonyl (C=O) groups is 1. The van der Waals surface area contributed by atoms with Gasteiger partial charge in [0, 0.05) is 11.5 Å². The van der Waals surface area contributed by atoms with Crippen LogP contribution in [-0.4, -0.2) is 17.7 Å². The minimum absolute atomic E-state index is 0.152. The van der Waals surface area contributed by atoms with Gasteiger partial charge in [-0.25, -0.2) is 0 Å². The maximum atomic E-state index is 11.8. The maximum absolute atomic E-state index is 11.8. The van der Waals surface area contributed by atoms with Gasteiger partial charge in [0.15, 0.2) is 6.61 Å². The van der Waals surface area contributed by atoms with Gasteiger partial charge in [-0.2, -0.15) is 5.26 Å². The fourth-order valence-corrected chi connectivity index (χ4v) is 1.67. The average Bonchev–Trinajstić information content (AvgIpc) is 2.94. The topological polar surface area (TPSA) is 88.1 Å². The Morgan fingerprint density at radius 3 is 2.82 bits per heavy atom. The third-order valence-electron chi connectivity index (χ3n) is 2.87. The summed E-state index contributed by atoms with van der Waals surface area (Å²) < 4.78 is 10.4. The van der Waals surface area contributed by atoms with Crippen LogP contribution in [-0.2, 0) is 10.2 Å². The van der Waals surface area contributed by atoms with Crippen molar-refractivity contribution in [2.75, 3.05) is 11.9 Å². The number of amides is 1. The van der Waals surface area contributed by atoms with Gasteiger partial charge in [-0.3, -0.25) is 10.1 Å². The fourth-order valence-electron chi connectivity index (χ4n) is 1.67. The standard InChI is InChI=1S/C16H17N3O3/c1-16(2,3)13-8-15(22-19-13)18-14(20)10-21-12-6-4-5-11(7-12)9-17/h4-8H,10H2,1-3H3,(H,18,20). The molecule has 0 aliphatic rings. The number of nitrogens with one attached hydrogen (secondary N) is 1. The third kappa shape index (κ3) is 4.09. The first-order valence-electron chi connectivity index (χ1n) is 6.78. The van der Waals surface area contributed by atoms with E-state index >= 15 is 0 Å². The van der Waals surface area contributed by atoms with E-state index in [0.717, 1.165) is 5.69 Å². The predicted octanol–water partition coefficient (Wildman–Crippen LogP) is 2.86. The number of hydrogen-bond donors (Lipinski definition) is 1. The van der Waals surface area contributed by atoms with Crippen molar-refractivity contribution in [3.05, 3.63) is 41.6 Å². The largest absolute Gasteiger partial charge is 0.484 e. The van der Waals surface area contributed by atoms with Crippen molar-refractivity contribution in [3.8, 4) is 11.8 Å². The van der Waals surface area contributed by atoms with E-state index < -0.39 is 0 Å². The lowest BCUT2D eigenvalue weighted by atomic mass is 9.92. The number of carbonyl (C=O) groups excluding carboxylic acids is 1. The quantitative estimate of drug-likeness (QED) is 0.937. The van der Waals surface area contributed by atoms with E-state index in [9.17, 15) is 4.79 Å². The number of aromatic nitrogens is 1. The Hall–Kier alpha value is -2.81. The van der Waals surface area contributed by atoms with E-state index in [0.29, 0.717) is 11.3 Å². The van der Waals surface area contributed by atoms with E-state index in [2.05, 4.69) is 10.5 Å². The highest BCUT2D eigenvalue weighted by molar-refractivity contribution is 5.90. The molecule has 2 rings (SSSR count). The lowest BCUT2D eigenvalue weighted by molar-refractivity contribution is -0.118. The Kier molecular flexibility index (Phi) is 4.47. The van der Waals surface area contributed by atoms with Gasteiger partial charge in [0.2, 0.25) is 5.88 Å². The molecule has 6 nitrogen and oxygen atoms in total. The zero-order chi connectivity index (χ0) is 16.2. The van der Waals surface area contributed by atoms with Crippen LogP contribution in [0.1, 0.15) is 32.0 Å². The zero-order valence-electron chi connectivity index (χ0n) is 12.7. The molecule has 22 heavy (non-hydrogen) atoms. The molecule has 1 aromatic heterocycles. The first kappa shape index (κ1) is 15.6. The number of nitriles is 1. The van der Waals surface area contributed by atoms with Crippen molar-refractivity contribution >= 4 is 11.8 Å². The number of anilines is 1. The van der Waals surface area contributed by atoms with Crippen LogP contribution < -0.4 is 10.1 Å². The van der Waals surface area contributed by atoms with Gasteiger partial charge in [0.05, 0.1) is 17.3 Å². The highest BCUT2D eigenvalue weighted by Crippen LogP contribution is 2.23. The van der Waals surface area contributed by atoms with Gasteiger partial charge in [-0.05, 0) is 18.2 Å². The molecule has 0 unspecified atom stereocenters. The maximum Gasteiger partial charge on any atom is 0.264 e. The summed E-state index contributed by atoms with van der Waals surface area (Å²) in [7, 11) is 0. The second-order valence-corrected chi connectivity index (χ2v) is 5.80. The lowest BCUT2D eigenvalue weighted by Gasteiger charge is -2.12. The molecule has 1 heterocycles. The van der Waals surface area contributed by atoms with E-state index in [4.69, 9.17) is 14.5 Å². The van der Waals surface area contributed by atoms with E-state index in [1.54, 1.807) is 30.3 Å². The van der Waals surface area contributed by atoms with Crippen molar-refractivity contribution in [2.45, 2.75) is 26.2 Å². The van der Waals surface area contributed by atoms with E-state index in [1.165, 1.54) is 0 Å². The fraction of sp³-hybridized carbons (Fsp3) is 0.312. The molecule has 0 radical (unpaired) electrons. The molecule has 0 fully saturated rings. The monoisotopic (exact) mass is 299 g/mol. The highest BCUT2D eigenvalue weighted by Gasteiger charge is 2.19. The van der Waals surface area contributed by atoms with Gasteiger partial charge < -0.3 is 9.26 Å². The van der Waals surface area contributed by atoms with Gasteiger partial charge >= 0.3 is 0 Å². The second kappa shape index (κ2) is 6.31. The van der Waals surface area contributed by atoms with Gasteiger partial charge in [0.25, 0.3) is 5.91 Å². The molecule has 114 valence electrons. The number of benzene rings is 1. The van der Waals surface area contributed by atoms with Gasteiger partial charge in [-0.15, -0.1) is 0 Å². The molecule has 0 spiro atoms. The van der Waals surface area contributed by atoms with Crippen LogP contribution in [0.2, 0.25) is 0 Å². The molecular weight excluding hydrogens is 282 g/mol. The number of hydrogen-bond acceptors (Lipinski definition) is 5. The summed E-state index contributed by atoms with van der Waals surface area (Å²) in [4.78, 5) is 11.8. The molecular formula is C16H17N3O3. The highest BCUT2D eigenvalue weighted by atomic mass is 16.5. The molecule has 2 aromatic rings. The Balaban J connectivity index is 1.90. The van der Waals surface area contributed by atoms with Crippen molar-refractivity contribution in [2.24, 2.45) is 0 Å². The van der Waals surface area contributed by atoms with Crippen LogP contribution in [0.15, 0.2) is 34.9 Å². The van der Waals surface area contributed by atoms with Gasteiger partial charge in [0.1, 0.15) is 5.75 Å². The molecule has 0 saturated heterocycles. The van der Waals surface area contributed by atoms with Crippen LogP contribution in [0.3, 0.4) is 0 Å². The first-order chi connectivity index (χ1) is 10.4. The summed E-state index contributed by atoms with van der Waals surface area (Å²) in [6.45, 7) is 5.83. The third-order valence-corrected chi connectivity index (χ3v) is 2.87. The summed E-state index contributed by atoms with van der Waals surface area (Å²) in [6, 6.07) is 10.3. The zero-order valence-corrected chi connectivity index (χ0v) is 12.7. The molecule has 1 amide bonds. The smallest absolute Gasteiger partial charge is 0.264 e. The first-order valence-corrected chi connectivity index (χ1v) is 6.78. The van der Waals surface area contributed by atoms with Crippen LogP contribution >= 0.6 is 0 Å². The van der Waals surface area contributed by atoms with Crippen molar-refractivity contribution in [3.63, 3.8) is 0 Å². The van der Waals surface area contributed by atoms with Crippen LogP contribution in [0, 0.1) is 11.3 Å². The minimum Gasteiger partial charge on any atom is -0.484 e. The SMILES string of the molecule is CC(C)(C)c1cc(NC(=O)COc2cccc(C#N)c2)on1. The summed E-state index contributed by atoms with van der Waals surface area (Å²) in [5.74, 6) is 0.380. The molecule has 6 heteroatoms. The van der Waals surface area contributed by atoms with Crippen molar-refractivity contribution < 1.29 is 14.1 Å². The normalized spacial score (nSPS) is 10.8. The number of ether oxygens (including phenoxy) is 1. The molecule has 0 bridgehead atoms. The van der Waals surface area contributed by atoms with E-state index in [1.807, 2.05) is 26.8 Å². The summed E-state index contributed by atoms with van der Waals surface area (Å²) in [5, 5.41) is 15.3. The number of nitrogens with zero attached hydrogens (tertiary/aromatic N) is 2. The molecule has 0 aliphatic carbocycles. The van der Waals surface area contributed by atoms with Crippen molar-refractivity contribution in [1.29, 1.82) is 5.26 Å². The Morgan fingerprint density at radius 1 is 1.41 bits per heavy atom. The lowest BCUT2D eigenvalue weighted by Crippen LogP contribution is -2.20. The second-order valence-electron chi connectivity index (χ2n) is 5.80. The average molecular weight is 299 g/mol. The van der Waals surface area contributed by atoms with Gasteiger partial charge in [-0.1, -0.05) is 32.0 Å². The van der Waals surface area contributed by atoms with Crippen molar-refractivity contribution in [1.82, 2.24) is 5.16 Å². The molecule has 0 saturated carbocycles. The molecule has 0 aliphatic heterocycles. The number of rotatable bonds is 4. The summed E-state index contributed by atoms with van der Waals surface area (Å²) in [5.41, 5.74) is 1.08. The van der Waals surface area contributed by atoms with E-state index in [-0.39, 0.29) is 23.8 Å². The Bertz CT molecular complexity index is 708. The summed E-state index contributed by atoms with van der Waals surface area (Å²) in [6.07, 6.45) is 0. The Morgan fingerprint density at radius 2 is 2.18 bits per heavy atom. The van der Waals surface area contributed by atoms with Crippen LogP contribution in [0.4, 0.5) is 5.88 Å². The molecule has 1 aromatic carbocycles. The molecule has 0 atom stereocenters. The molecule has 1 N–H and O–H groups in total.